The average Bonchev–Trinajstić information content (AvgIpc) is 2.27. The quantitative estimate of drug-likeness (QED) is 0.827. The fraction of sp³-hybridized carbons (Fsp3) is 0.500. The van der Waals surface area contributed by atoms with Gasteiger partial charge in [-0.2, -0.15) is 0 Å². The molecule has 92 valence electrons. The molecular weight excluding hydrogens is 216 g/mol. The second-order valence-electron chi connectivity index (χ2n) is 5.42. The minimum atomic E-state index is -0.744. The van der Waals surface area contributed by atoms with Crippen LogP contribution in [-0.4, -0.2) is 16.2 Å². The van der Waals surface area contributed by atoms with E-state index in [1.165, 1.54) is 5.56 Å². The van der Waals surface area contributed by atoms with E-state index in [2.05, 4.69) is 0 Å². The molecule has 0 aromatic heterocycles. The molecule has 1 unspecified atom stereocenters. The predicted molar refractivity (Wildman–Crippen MR) is 65.0 cm³/mol. The second-order valence-corrected chi connectivity index (χ2v) is 5.42. The number of carbonyl (C=O) groups is 1. The lowest BCUT2D eigenvalue weighted by molar-refractivity contribution is -0.150. The molecule has 0 bridgehead atoms. The molecule has 0 saturated heterocycles. The number of hydrogen-bond donors (Lipinski definition) is 2. The highest BCUT2D eigenvalue weighted by Gasteiger charge is 2.38. The van der Waals surface area contributed by atoms with Crippen LogP contribution in [-0.2, 0) is 17.6 Å². The van der Waals surface area contributed by atoms with Crippen molar-refractivity contribution >= 4 is 5.97 Å². The SMILES string of the molecule is CC(C)(C(=O)O)C1CCc2ccc(O)cc2C1. The number of carboxylic acid groups (broad SMARTS) is 1. The third-order valence-electron chi connectivity index (χ3n) is 3.99. The highest BCUT2D eigenvalue weighted by atomic mass is 16.4. The molecule has 0 fully saturated rings. The van der Waals surface area contributed by atoms with Crippen molar-refractivity contribution in [2.24, 2.45) is 11.3 Å². The Hall–Kier alpha value is -1.51. The Morgan fingerprint density at radius 2 is 2.06 bits per heavy atom. The van der Waals surface area contributed by atoms with Crippen LogP contribution >= 0.6 is 0 Å². The normalized spacial score (nSPS) is 19.8. The number of phenols is 1. The van der Waals surface area contributed by atoms with Crippen LogP contribution in [0.5, 0.6) is 5.75 Å². The van der Waals surface area contributed by atoms with Crippen LogP contribution in [0.4, 0.5) is 0 Å². The molecule has 2 rings (SSSR count). The Morgan fingerprint density at radius 1 is 1.35 bits per heavy atom. The summed E-state index contributed by atoms with van der Waals surface area (Å²) in [5.74, 6) is -0.349. The Bertz CT molecular complexity index is 449. The minimum Gasteiger partial charge on any atom is -0.508 e. The second kappa shape index (κ2) is 4.06. The molecule has 0 saturated carbocycles. The maximum absolute atomic E-state index is 11.2. The number of aryl methyl sites for hydroxylation is 1. The van der Waals surface area contributed by atoms with Crippen molar-refractivity contribution in [3.8, 4) is 5.75 Å². The molecule has 1 atom stereocenters. The molecule has 0 amide bonds. The van der Waals surface area contributed by atoms with Crippen LogP contribution < -0.4 is 0 Å². The standard InChI is InChI=1S/C14H18O3/c1-14(2,13(16)17)11-5-3-9-4-6-12(15)8-10(9)7-11/h4,6,8,11,15H,3,5,7H2,1-2H3,(H,16,17). The van der Waals surface area contributed by atoms with Crippen LogP contribution in [0.15, 0.2) is 18.2 Å². The van der Waals surface area contributed by atoms with Crippen molar-refractivity contribution in [1.82, 2.24) is 0 Å². The zero-order valence-electron chi connectivity index (χ0n) is 10.2. The monoisotopic (exact) mass is 234 g/mol. The van der Waals surface area contributed by atoms with E-state index in [1.807, 2.05) is 6.07 Å². The summed E-state index contributed by atoms with van der Waals surface area (Å²) in [5.41, 5.74) is 1.62. The van der Waals surface area contributed by atoms with E-state index in [0.717, 1.165) is 24.8 Å². The summed E-state index contributed by atoms with van der Waals surface area (Å²) >= 11 is 0. The van der Waals surface area contributed by atoms with E-state index in [-0.39, 0.29) is 11.7 Å². The fourth-order valence-corrected chi connectivity index (χ4v) is 2.53. The van der Waals surface area contributed by atoms with E-state index in [1.54, 1.807) is 26.0 Å². The van der Waals surface area contributed by atoms with Gasteiger partial charge in [-0.15, -0.1) is 0 Å². The summed E-state index contributed by atoms with van der Waals surface area (Å²) in [5, 5.41) is 18.7. The Morgan fingerprint density at radius 3 is 2.71 bits per heavy atom. The van der Waals surface area contributed by atoms with Crippen LogP contribution in [0.2, 0.25) is 0 Å². The van der Waals surface area contributed by atoms with Gasteiger partial charge in [0.2, 0.25) is 0 Å². The van der Waals surface area contributed by atoms with Crippen LogP contribution in [0.1, 0.15) is 31.4 Å². The zero-order chi connectivity index (χ0) is 12.6. The molecule has 1 aliphatic carbocycles. The van der Waals surface area contributed by atoms with Gasteiger partial charge >= 0.3 is 5.97 Å². The van der Waals surface area contributed by atoms with Gasteiger partial charge in [-0.1, -0.05) is 6.07 Å². The molecule has 1 aromatic carbocycles. The van der Waals surface area contributed by atoms with Crippen molar-refractivity contribution in [2.75, 3.05) is 0 Å². The molecule has 0 radical (unpaired) electrons. The lowest BCUT2D eigenvalue weighted by Crippen LogP contribution is -2.36. The zero-order valence-corrected chi connectivity index (χ0v) is 10.2. The van der Waals surface area contributed by atoms with E-state index < -0.39 is 11.4 Å². The lowest BCUT2D eigenvalue weighted by Gasteiger charge is -2.34. The molecule has 2 N–H and O–H groups in total. The summed E-state index contributed by atoms with van der Waals surface area (Å²) in [4.78, 5) is 11.2. The number of aliphatic carboxylic acids is 1. The van der Waals surface area contributed by atoms with Crippen LogP contribution in [0.3, 0.4) is 0 Å². The average molecular weight is 234 g/mol. The topological polar surface area (TPSA) is 57.5 Å². The largest absolute Gasteiger partial charge is 0.508 e. The summed E-state index contributed by atoms with van der Waals surface area (Å²) in [7, 11) is 0. The minimum absolute atomic E-state index is 0.134. The van der Waals surface area contributed by atoms with Gasteiger partial charge in [0.05, 0.1) is 5.41 Å². The smallest absolute Gasteiger partial charge is 0.309 e. The van der Waals surface area contributed by atoms with Crippen LogP contribution in [0, 0.1) is 11.3 Å². The van der Waals surface area contributed by atoms with Gasteiger partial charge in [0.25, 0.3) is 0 Å². The lowest BCUT2D eigenvalue weighted by atomic mass is 9.69. The van der Waals surface area contributed by atoms with Gasteiger partial charge in [-0.25, -0.2) is 0 Å². The molecule has 3 nitrogen and oxygen atoms in total. The maximum Gasteiger partial charge on any atom is 0.309 e. The van der Waals surface area contributed by atoms with Crippen molar-refractivity contribution < 1.29 is 15.0 Å². The number of hydrogen-bond acceptors (Lipinski definition) is 2. The molecule has 3 heteroatoms. The van der Waals surface area contributed by atoms with E-state index in [9.17, 15) is 15.0 Å². The fourth-order valence-electron chi connectivity index (χ4n) is 2.53. The molecule has 0 aliphatic heterocycles. The first-order valence-corrected chi connectivity index (χ1v) is 5.95. The highest BCUT2D eigenvalue weighted by molar-refractivity contribution is 5.74. The first-order valence-electron chi connectivity index (χ1n) is 5.95. The summed E-state index contributed by atoms with van der Waals surface area (Å²) in [6, 6.07) is 5.40. The first kappa shape index (κ1) is 12.0. The maximum atomic E-state index is 11.2. The number of carboxylic acids is 1. The third-order valence-corrected chi connectivity index (χ3v) is 3.99. The van der Waals surface area contributed by atoms with Gasteiger partial charge in [0, 0.05) is 0 Å². The molecular formula is C14H18O3. The Balaban J connectivity index is 2.26. The summed E-state index contributed by atoms with van der Waals surface area (Å²) in [6.07, 6.45) is 2.54. The van der Waals surface area contributed by atoms with Gasteiger partial charge in [-0.3, -0.25) is 4.79 Å². The predicted octanol–water partition coefficient (Wildman–Crippen LogP) is 2.61. The highest BCUT2D eigenvalue weighted by Crippen LogP contribution is 2.38. The number of fused-ring (bicyclic) bond motifs is 1. The summed E-state index contributed by atoms with van der Waals surface area (Å²) < 4.78 is 0. The van der Waals surface area contributed by atoms with Crippen molar-refractivity contribution in [3.63, 3.8) is 0 Å². The van der Waals surface area contributed by atoms with Crippen molar-refractivity contribution in [3.05, 3.63) is 29.3 Å². The number of benzene rings is 1. The van der Waals surface area contributed by atoms with Crippen LogP contribution in [0.25, 0.3) is 0 Å². The third kappa shape index (κ3) is 2.14. The molecule has 0 spiro atoms. The number of aromatic hydroxyl groups is 1. The van der Waals surface area contributed by atoms with Gasteiger partial charge in [-0.05, 0) is 62.3 Å². The van der Waals surface area contributed by atoms with E-state index >= 15 is 0 Å². The first-order chi connectivity index (χ1) is 7.91. The van der Waals surface area contributed by atoms with Crippen molar-refractivity contribution in [1.29, 1.82) is 0 Å². The van der Waals surface area contributed by atoms with Gasteiger partial charge in [0.1, 0.15) is 5.75 Å². The van der Waals surface area contributed by atoms with E-state index in [4.69, 9.17) is 0 Å². The molecule has 17 heavy (non-hydrogen) atoms. The number of phenolic OH excluding ortho intramolecular Hbond substituents is 1. The molecule has 1 aromatic rings. The summed E-state index contributed by atoms with van der Waals surface area (Å²) in [6.45, 7) is 3.57. The molecule has 0 heterocycles. The van der Waals surface area contributed by atoms with E-state index in [0.29, 0.717) is 0 Å². The Kier molecular flexibility index (Phi) is 2.86. The molecule has 1 aliphatic rings. The van der Waals surface area contributed by atoms with Crippen molar-refractivity contribution in [2.45, 2.75) is 33.1 Å². The number of rotatable bonds is 2. The Labute approximate surface area is 101 Å². The van der Waals surface area contributed by atoms with Gasteiger partial charge in [0.15, 0.2) is 0 Å². The van der Waals surface area contributed by atoms with Gasteiger partial charge < -0.3 is 10.2 Å².